The first-order valence-corrected chi connectivity index (χ1v) is 12.2. The average molecular weight is 494 g/mol. The Labute approximate surface area is 208 Å². The Balaban J connectivity index is 0.00000544. The molecular formula is C24H36ClN5O2S. The number of rotatable bonds is 12. The SMILES string of the molecule is CCOc1c(-c2nc(C)c(C(=O)NCCN(CC)CC)s2)ccc(N(CC)CC)c1C#N.Cl. The van der Waals surface area contributed by atoms with Gasteiger partial charge in [-0.05, 0) is 52.9 Å². The van der Waals surface area contributed by atoms with Crippen LogP contribution >= 0.6 is 23.7 Å². The minimum Gasteiger partial charge on any atom is -0.492 e. The number of nitrogens with one attached hydrogen (secondary N) is 1. The summed E-state index contributed by atoms with van der Waals surface area (Å²) in [4.78, 5) is 22.4. The minimum atomic E-state index is -0.114. The first-order chi connectivity index (χ1) is 15.4. The van der Waals surface area contributed by atoms with Crippen LogP contribution in [-0.2, 0) is 0 Å². The molecule has 1 aromatic carbocycles. The number of halogens is 1. The van der Waals surface area contributed by atoms with Gasteiger partial charge in [0, 0.05) is 26.2 Å². The molecule has 0 saturated heterocycles. The standard InChI is InChI=1S/C24H35N5O2S.ClH/c1-7-28(8-2)15-14-26-23(30)22-17(6)27-24(32-22)18-12-13-20(29(9-3)10-4)19(16-25)21(18)31-11-5;/h12-13H,7-11,14-15H2,1-6H3,(H,26,30);1H. The lowest BCUT2D eigenvalue weighted by Crippen LogP contribution is -2.34. The molecule has 1 N–H and O–H groups in total. The number of likely N-dealkylation sites (N-methyl/N-ethyl adjacent to an activating group) is 1. The summed E-state index contributed by atoms with van der Waals surface area (Å²) in [5, 5.41) is 13.6. The van der Waals surface area contributed by atoms with Crippen molar-refractivity contribution in [3.8, 4) is 22.4 Å². The van der Waals surface area contributed by atoms with Crippen LogP contribution in [0, 0.1) is 18.3 Å². The van der Waals surface area contributed by atoms with Crippen molar-refractivity contribution in [1.29, 1.82) is 5.26 Å². The van der Waals surface area contributed by atoms with Gasteiger partial charge >= 0.3 is 0 Å². The van der Waals surface area contributed by atoms with Crippen LogP contribution in [0.3, 0.4) is 0 Å². The summed E-state index contributed by atoms with van der Waals surface area (Å²) in [5.41, 5.74) is 2.78. The fourth-order valence-corrected chi connectivity index (χ4v) is 4.65. The average Bonchev–Trinajstić information content (AvgIpc) is 3.19. The number of amides is 1. The first kappa shape index (κ1) is 28.7. The van der Waals surface area contributed by atoms with Gasteiger partial charge in [0.1, 0.15) is 27.3 Å². The summed E-state index contributed by atoms with van der Waals surface area (Å²) < 4.78 is 5.93. The van der Waals surface area contributed by atoms with Crippen LogP contribution in [0.1, 0.15) is 55.5 Å². The largest absolute Gasteiger partial charge is 0.492 e. The van der Waals surface area contributed by atoms with E-state index in [1.165, 1.54) is 11.3 Å². The highest BCUT2D eigenvalue weighted by atomic mass is 35.5. The van der Waals surface area contributed by atoms with Crippen molar-refractivity contribution in [2.24, 2.45) is 0 Å². The van der Waals surface area contributed by atoms with E-state index in [0.29, 0.717) is 40.0 Å². The Morgan fingerprint density at radius 1 is 1.15 bits per heavy atom. The van der Waals surface area contributed by atoms with E-state index >= 15 is 0 Å². The molecule has 33 heavy (non-hydrogen) atoms. The zero-order chi connectivity index (χ0) is 23.7. The predicted octanol–water partition coefficient (Wildman–Crippen LogP) is 4.73. The Morgan fingerprint density at radius 2 is 1.82 bits per heavy atom. The molecule has 2 aromatic rings. The molecule has 1 amide bonds. The number of nitriles is 1. The lowest BCUT2D eigenvalue weighted by molar-refractivity contribution is 0.0952. The Kier molecular flexibility index (Phi) is 12.2. The van der Waals surface area contributed by atoms with Crippen LogP contribution in [0.25, 0.3) is 10.6 Å². The van der Waals surface area contributed by atoms with Crippen molar-refractivity contribution in [2.45, 2.75) is 41.5 Å². The molecule has 9 heteroatoms. The number of thiazole rings is 1. The molecule has 0 fully saturated rings. The van der Waals surface area contributed by atoms with Gasteiger partial charge in [0.2, 0.25) is 0 Å². The van der Waals surface area contributed by atoms with Gasteiger partial charge < -0.3 is 19.9 Å². The number of carbonyl (C=O) groups is 1. The van der Waals surface area contributed by atoms with Gasteiger partial charge in [-0.15, -0.1) is 23.7 Å². The topological polar surface area (TPSA) is 81.5 Å². The molecular weight excluding hydrogens is 458 g/mol. The second-order valence-electron chi connectivity index (χ2n) is 7.27. The number of aryl methyl sites for hydroxylation is 1. The third kappa shape index (κ3) is 6.83. The number of carbonyl (C=O) groups excluding carboxylic acids is 1. The number of nitrogens with zero attached hydrogens (tertiary/aromatic N) is 4. The third-order valence-corrected chi connectivity index (χ3v) is 6.67. The Bertz CT molecular complexity index is 949. The molecule has 0 aliphatic carbocycles. The second-order valence-corrected chi connectivity index (χ2v) is 8.27. The molecule has 0 radical (unpaired) electrons. The van der Waals surface area contributed by atoms with E-state index in [-0.39, 0.29) is 18.3 Å². The summed E-state index contributed by atoms with van der Waals surface area (Å²) in [5.74, 6) is 0.415. The van der Waals surface area contributed by atoms with Gasteiger partial charge in [-0.3, -0.25) is 4.79 Å². The highest BCUT2D eigenvalue weighted by Crippen LogP contribution is 2.40. The van der Waals surface area contributed by atoms with E-state index in [9.17, 15) is 10.1 Å². The molecule has 0 saturated carbocycles. The van der Waals surface area contributed by atoms with E-state index < -0.39 is 0 Å². The number of aromatic nitrogens is 1. The maximum absolute atomic E-state index is 12.8. The Hall–Kier alpha value is -2.34. The zero-order valence-electron chi connectivity index (χ0n) is 20.5. The molecule has 0 aliphatic rings. The van der Waals surface area contributed by atoms with Gasteiger partial charge in [0.05, 0.1) is 23.6 Å². The van der Waals surface area contributed by atoms with Crippen LogP contribution in [0.15, 0.2) is 12.1 Å². The molecule has 7 nitrogen and oxygen atoms in total. The van der Waals surface area contributed by atoms with E-state index in [0.717, 1.165) is 44.0 Å². The lowest BCUT2D eigenvalue weighted by atomic mass is 10.1. The number of anilines is 1. The Morgan fingerprint density at radius 3 is 2.36 bits per heavy atom. The smallest absolute Gasteiger partial charge is 0.263 e. The monoisotopic (exact) mass is 493 g/mol. The molecule has 2 rings (SSSR count). The van der Waals surface area contributed by atoms with Crippen molar-refractivity contribution in [2.75, 3.05) is 50.8 Å². The van der Waals surface area contributed by atoms with Crippen LogP contribution in [-0.4, -0.2) is 61.7 Å². The number of hydrogen-bond donors (Lipinski definition) is 1. The summed E-state index contributed by atoms with van der Waals surface area (Å²) in [6.07, 6.45) is 0. The fraction of sp³-hybridized carbons (Fsp3) is 0.542. The van der Waals surface area contributed by atoms with Gasteiger partial charge in [-0.2, -0.15) is 5.26 Å². The van der Waals surface area contributed by atoms with Crippen LogP contribution in [0.5, 0.6) is 5.75 Å². The van der Waals surface area contributed by atoms with Crippen molar-refractivity contribution in [3.05, 3.63) is 28.3 Å². The van der Waals surface area contributed by atoms with E-state index in [1.807, 2.05) is 26.0 Å². The lowest BCUT2D eigenvalue weighted by Gasteiger charge is -2.24. The quantitative estimate of drug-likeness (QED) is 0.460. The van der Waals surface area contributed by atoms with Gasteiger partial charge in [-0.1, -0.05) is 13.8 Å². The predicted molar refractivity (Wildman–Crippen MR) is 139 cm³/mol. The molecule has 0 aliphatic heterocycles. The van der Waals surface area contributed by atoms with Gasteiger partial charge in [0.25, 0.3) is 5.91 Å². The van der Waals surface area contributed by atoms with Crippen LogP contribution < -0.4 is 15.0 Å². The van der Waals surface area contributed by atoms with E-state index in [2.05, 4.69) is 53.9 Å². The number of benzene rings is 1. The highest BCUT2D eigenvalue weighted by molar-refractivity contribution is 7.17. The molecule has 0 unspecified atom stereocenters. The molecule has 0 bridgehead atoms. The molecule has 0 spiro atoms. The van der Waals surface area contributed by atoms with Crippen molar-refractivity contribution < 1.29 is 9.53 Å². The normalized spacial score (nSPS) is 10.5. The van der Waals surface area contributed by atoms with E-state index in [1.54, 1.807) is 0 Å². The minimum absolute atomic E-state index is 0. The van der Waals surface area contributed by atoms with Crippen molar-refractivity contribution >= 4 is 35.3 Å². The maximum Gasteiger partial charge on any atom is 0.263 e. The van der Waals surface area contributed by atoms with Crippen LogP contribution in [0.4, 0.5) is 5.69 Å². The number of ether oxygens (including phenoxy) is 1. The van der Waals surface area contributed by atoms with Gasteiger partial charge in [-0.25, -0.2) is 4.98 Å². The van der Waals surface area contributed by atoms with Crippen molar-refractivity contribution in [3.63, 3.8) is 0 Å². The first-order valence-electron chi connectivity index (χ1n) is 11.4. The summed E-state index contributed by atoms with van der Waals surface area (Å²) >= 11 is 1.34. The summed E-state index contributed by atoms with van der Waals surface area (Å²) in [7, 11) is 0. The molecule has 0 atom stereocenters. The number of hydrogen-bond acceptors (Lipinski definition) is 7. The highest BCUT2D eigenvalue weighted by Gasteiger charge is 2.23. The summed E-state index contributed by atoms with van der Waals surface area (Å²) in [6.45, 7) is 17.5. The fourth-order valence-electron chi connectivity index (χ4n) is 3.64. The van der Waals surface area contributed by atoms with Gasteiger partial charge in [0.15, 0.2) is 0 Å². The third-order valence-electron chi connectivity index (χ3n) is 5.48. The molecule has 1 aromatic heterocycles. The second kappa shape index (κ2) is 14.0. The van der Waals surface area contributed by atoms with Crippen LogP contribution in [0.2, 0.25) is 0 Å². The van der Waals surface area contributed by atoms with Crippen molar-refractivity contribution in [1.82, 2.24) is 15.2 Å². The zero-order valence-corrected chi connectivity index (χ0v) is 22.2. The summed E-state index contributed by atoms with van der Waals surface area (Å²) in [6, 6.07) is 6.22. The molecule has 1 heterocycles. The molecule has 182 valence electrons. The maximum atomic E-state index is 12.8. The van der Waals surface area contributed by atoms with E-state index in [4.69, 9.17) is 4.74 Å².